The van der Waals surface area contributed by atoms with E-state index >= 15 is 0 Å². The van der Waals surface area contributed by atoms with E-state index in [0.29, 0.717) is 36.9 Å². The van der Waals surface area contributed by atoms with Crippen molar-refractivity contribution in [3.05, 3.63) is 47.5 Å². The largest absolute Gasteiger partial charge is 0.491 e. The lowest BCUT2D eigenvalue weighted by molar-refractivity contribution is -0.122. The van der Waals surface area contributed by atoms with Gasteiger partial charge in [-0.3, -0.25) is 4.79 Å². The molecule has 0 aromatic heterocycles. The minimum absolute atomic E-state index is 0.0560. The quantitative estimate of drug-likeness (QED) is 0.697. The summed E-state index contributed by atoms with van der Waals surface area (Å²) in [6.07, 6.45) is 1.96. The van der Waals surface area contributed by atoms with Crippen molar-refractivity contribution in [2.75, 3.05) is 37.9 Å². The number of amides is 3. The molecule has 0 bridgehead atoms. The molecule has 3 heterocycles. The number of para-hydroxylation sites is 1. The lowest BCUT2D eigenvalue weighted by atomic mass is 9.77. The van der Waals surface area contributed by atoms with Crippen molar-refractivity contribution in [2.45, 2.75) is 25.2 Å². The molecule has 3 aliphatic heterocycles. The van der Waals surface area contributed by atoms with Crippen LogP contribution in [-0.4, -0.2) is 45.0 Å². The summed E-state index contributed by atoms with van der Waals surface area (Å²) in [7, 11) is 0. The van der Waals surface area contributed by atoms with Gasteiger partial charge in [0.05, 0.1) is 0 Å². The molecule has 1 unspecified atom stereocenters. The molecule has 1 atom stereocenters. The van der Waals surface area contributed by atoms with Crippen molar-refractivity contribution in [1.29, 1.82) is 0 Å². The number of urea groups is 1. The zero-order valence-electron chi connectivity index (χ0n) is 17.4. The normalized spacial score (nSPS) is 19.9. The van der Waals surface area contributed by atoms with Gasteiger partial charge in [-0.2, -0.15) is 0 Å². The van der Waals surface area contributed by atoms with Crippen molar-refractivity contribution in [1.82, 2.24) is 10.6 Å². The summed E-state index contributed by atoms with van der Waals surface area (Å²) in [6.45, 7) is 3.82. The predicted molar refractivity (Wildman–Crippen MR) is 114 cm³/mol. The zero-order chi connectivity index (χ0) is 21.4. The molecule has 1 spiro atoms. The maximum absolute atomic E-state index is 13.8. The number of nitrogens with zero attached hydrogens (tertiary/aromatic N) is 1. The first-order valence-corrected chi connectivity index (χ1v) is 10.6. The molecule has 5 rings (SSSR count). The maximum atomic E-state index is 13.8. The van der Waals surface area contributed by atoms with E-state index in [2.05, 4.69) is 17.6 Å². The van der Waals surface area contributed by atoms with Crippen molar-refractivity contribution < 1.29 is 23.8 Å². The molecule has 0 fully saturated rings. The standard InChI is InChI=1S/C23H25N3O5/c1-2-3-8-24-22(28)25-9-10-26-17-7-5-4-6-15(17)23(21(26)27)13-29-18-12-20-19(11-16(18)23)30-14-31-20/h4-7,11-12H,2-3,8-10,13-14H2,1H3,(H2,24,25,28). The maximum Gasteiger partial charge on any atom is 0.314 e. The van der Waals surface area contributed by atoms with Crippen LogP contribution >= 0.6 is 0 Å². The van der Waals surface area contributed by atoms with E-state index in [1.807, 2.05) is 30.3 Å². The number of ether oxygens (including phenoxy) is 3. The molecule has 0 aliphatic carbocycles. The van der Waals surface area contributed by atoms with E-state index in [9.17, 15) is 9.59 Å². The Morgan fingerprint density at radius 2 is 1.81 bits per heavy atom. The van der Waals surface area contributed by atoms with Gasteiger partial charge in [-0.1, -0.05) is 31.5 Å². The number of anilines is 1. The smallest absolute Gasteiger partial charge is 0.314 e. The van der Waals surface area contributed by atoms with Crippen LogP contribution in [0.25, 0.3) is 0 Å². The molecule has 3 amide bonds. The molecular weight excluding hydrogens is 398 g/mol. The van der Waals surface area contributed by atoms with Crippen LogP contribution in [0.5, 0.6) is 17.2 Å². The van der Waals surface area contributed by atoms with Crippen molar-refractivity contribution in [3.63, 3.8) is 0 Å². The molecule has 2 aromatic rings. The number of nitrogens with one attached hydrogen (secondary N) is 2. The van der Waals surface area contributed by atoms with Crippen LogP contribution in [-0.2, 0) is 10.2 Å². The average Bonchev–Trinajstić information content (AvgIpc) is 3.45. The number of benzene rings is 2. The van der Waals surface area contributed by atoms with Crippen LogP contribution in [0.15, 0.2) is 36.4 Å². The number of hydrogen-bond acceptors (Lipinski definition) is 5. The van der Waals surface area contributed by atoms with E-state index < -0.39 is 5.41 Å². The molecule has 0 radical (unpaired) electrons. The fourth-order valence-corrected chi connectivity index (χ4v) is 4.51. The van der Waals surface area contributed by atoms with E-state index in [0.717, 1.165) is 29.7 Å². The summed E-state index contributed by atoms with van der Waals surface area (Å²) in [6, 6.07) is 11.2. The van der Waals surface area contributed by atoms with Gasteiger partial charge in [0.1, 0.15) is 17.8 Å². The molecule has 8 nitrogen and oxygen atoms in total. The molecule has 31 heavy (non-hydrogen) atoms. The summed E-state index contributed by atoms with van der Waals surface area (Å²) in [4.78, 5) is 27.5. The van der Waals surface area contributed by atoms with E-state index in [1.165, 1.54) is 0 Å². The van der Waals surface area contributed by atoms with E-state index in [-0.39, 0.29) is 25.3 Å². The van der Waals surface area contributed by atoms with Crippen LogP contribution in [0.2, 0.25) is 0 Å². The first-order chi connectivity index (χ1) is 15.1. The van der Waals surface area contributed by atoms with Crippen LogP contribution in [0.4, 0.5) is 10.5 Å². The second kappa shape index (κ2) is 7.68. The minimum atomic E-state index is -0.920. The third-order valence-corrected chi connectivity index (χ3v) is 6.08. The average molecular weight is 423 g/mol. The number of fused-ring (bicyclic) bond motifs is 5. The Labute approximate surface area is 180 Å². The van der Waals surface area contributed by atoms with E-state index in [1.54, 1.807) is 11.0 Å². The summed E-state index contributed by atoms with van der Waals surface area (Å²) >= 11 is 0. The van der Waals surface area contributed by atoms with Crippen LogP contribution in [0.3, 0.4) is 0 Å². The summed E-state index contributed by atoms with van der Waals surface area (Å²) in [5, 5.41) is 5.67. The molecular formula is C23H25N3O5. The van der Waals surface area contributed by atoms with Crippen LogP contribution in [0.1, 0.15) is 30.9 Å². The molecule has 2 N–H and O–H groups in total. The number of carbonyl (C=O) groups excluding carboxylic acids is 2. The van der Waals surface area contributed by atoms with Crippen molar-refractivity contribution >= 4 is 17.6 Å². The second-order valence-electron chi connectivity index (χ2n) is 7.91. The van der Waals surface area contributed by atoms with Crippen LogP contribution in [0, 0.1) is 0 Å². The summed E-state index contributed by atoms with van der Waals surface area (Å²) < 4.78 is 17.0. The first-order valence-electron chi connectivity index (χ1n) is 10.6. The van der Waals surface area contributed by atoms with Crippen molar-refractivity contribution in [2.24, 2.45) is 0 Å². The third kappa shape index (κ3) is 3.05. The molecule has 2 aromatic carbocycles. The van der Waals surface area contributed by atoms with Gasteiger partial charge in [-0.25, -0.2) is 4.79 Å². The number of carbonyl (C=O) groups is 2. The predicted octanol–water partition coefficient (Wildman–Crippen LogP) is 2.54. The monoisotopic (exact) mass is 423 g/mol. The van der Waals surface area contributed by atoms with Gasteiger partial charge in [-0.05, 0) is 24.1 Å². The Kier molecular flexibility index (Phi) is 4.84. The molecule has 8 heteroatoms. The second-order valence-corrected chi connectivity index (χ2v) is 7.91. The van der Waals surface area contributed by atoms with Gasteiger partial charge in [0.15, 0.2) is 11.5 Å². The van der Waals surface area contributed by atoms with E-state index in [4.69, 9.17) is 14.2 Å². The van der Waals surface area contributed by atoms with Crippen molar-refractivity contribution in [3.8, 4) is 17.2 Å². The topological polar surface area (TPSA) is 89.1 Å². The lowest BCUT2D eigenvalue weighted by Gasteiger charge is -2.23. The van der Waals surface area contributed by atoms with Gasteiger partial charge >= 0.3 is 6.03 Å². The zero-order valence-corrected chi connectivity index (χ0v) is 17.4. The lowest BCUT2D eigenvalue weighted by Crippen LogP contribution is -2.46. The highest BCUT2D eigenvalue weighted by atomic mass is 16.7. The van der Waals surface area contributed by atoms with Gasteiger partial charge < -0.3 is 29.7 Å². The Hall–Kier alpha value is -3.42. The number of rotatable bonds is 6. The highest BCUT2D eigenvalue weighted by Gasteiger charge is 2.57. The first kappa shape index (κ1) is 19.5. The summed E-state index contributed by atoms with van der Waals surface area (Å²) in [5.74, 6) is 1.84. The van der Waals surface area contributed by atoms with Gasteiger partial charge in [-0.15, -0.1) is 0 Å². The Morgan fingerprint density at radius 1 is 1.03 bits per heavy atom. The highest BCUT2D eigenvalue weighted by Crippen LogP contribution is 2.54. The fourth-order valence-electron chi connectivity index (χ4n) is 4.51. The Morgan fingerprint density at radius 3 is 2.65 bits per heavy atom. The molecule has 0 saturated carbocycles. The fraction of sp³-hybridized carbons (Fsp3) is 0.391. The van der Waals surface area contributed by atoms with Crippen LogP contribution < -0.4 is 29.7 Å². The van der Waals surface area contributed by atoms with Gasteiger partial charge in [0.2, 0.25) is 12.7 Å². The molecule has 3 aliphatic rings. The van der Waals surface area contributed by atoms with Gasteiger partial charge in [0, 0.05) is 37.0 Å². The minimum Gasteiger partial charge on any atom is -0.491 e. The Balaban J connectivity index is 1.40. The number of hydrogen-bond donors (Lipinski definition) is 2. The summed E-state index contributed by atoms with van der Waals surface area (Å²) in [5.41, 5.74) is 1.62. The molecule has 162 valence electrons. The third-order valence-electron chi connectivity index (χ3n) is 6.08. The molecule has 0 saturated heterocycles. The SMILES string of the molecule is CCCCNC(=O)NCCN1C(=O)C2(COc3cc4c(cc32)OCO4)c2ccccc21. The Bertz CT molecular complexity index is 1040. The highest BCUT2D eigenvalue weighted by molar-refractivity contribution is 6.11. The van der Waals surface area contributed by atoms with Gasteiger partial charge in [0.25, 0.3) is 0 Å². The number of unbranched alkanes of at least 4 members (excludes halogenated alkanes) is 1.